The Balaban J connectivity index is 3.12. The van der Waals surface area contributed by atoms with Crippen LogP contribution in [0.3, 0.4) is 0 Å². The summed E-state index contributed by atoms with van der Waals surface area (Å²) in [5, 5.41) is 8.46. The van der Waals surface area contributed by atoms with E-state index in [1.807, 2.05) is 0 Å². The molecule has 1 aromatic rings. The molecule has 0 spiro atoms. The van der Waals surface area contributed by atoms with Gasteiger partial charge in [0.05, 0.1) is 0 Å². The van der Waals surface area contributed by atoms with Crippen molar-refractivity contribution in [3.63, 3.8) is 0 Å². The van der Waals surface area contributed by atoms with Gasteiger partial charge in [0, 0.05) is 10.6 Å². The van der Waals surface area contributed by atoms with Crippen LogP contribution in [0, 0.1) is 5.82 Å². The van der Waals surface area contributed by atoms with Crippen molar-refractivity contribution in [3.05, 3.63) is 34.6 Å². The van der Waals surface area contributed by atoms with Gasteiger partial charge in [0.15, 0.2) is 6.10 Å². The number of rotatable bonds is 1. The number of benzene rings is 1. The summed E-state index contributed by atoms with van der Waals surface area (Å²) in [6.07, 6.45) is -7.61. The van der Waals surface area contributed by atoms with Crippen LogP contribution in [-0.2, 0) is 0 Å². The maximum absolute atomic E-state index is 12.6. The van der Waals surface area contributed by atoms with Crippen molar-refractivity contribution in [2.24, 2.45) is 0 Å². The molecule has 0 aliphatic carbocycles. The van der Waals surface area contributed by atoms with Gasteiger partial charge in [-0.3, -0.25) is 0 Å². The molecule has 6 heteroatoms. The van der Waals surface area contributed by atoms with Gasteiger partial charge in [-0.1, -0.05) is 11.6 Å². The highest BCUT2D eigenvalue weighted by molar-refractivity contribution is 6.31. The molecular weight excluding hydrogens is 224 g/mol. The predicted octanol–water partition coefficient (Wildman–Crippen LogP) is 3.07. The number of aliphatic hydroxyl groups excluding tert-OH is 1. The van der Waals surface area contributed by atoms with E-state index in [1.165, 1.54) is 0 Å². The first-order valence-electron chi connectivity index (χ1n) is 3.52. The lowest BCUT2D eigenvalue weighted by Gasteiger charge is -2.15. The molecule has 78 valence electrons. The number of aliphatic hydroxyl groups is 1. The molecule has 0 aromatic heterocycles. The van der Waals surface area contributed by atoms with Gasteiger partial charge in [0.25, 0.3) is 0 Å². The average Bonchev–Trinajstić information content (AvgIpc) is 2.06. The molecule has 1 nitrogen and oxygen atoms in total. The monoisotopic (exact) mass is 228 g/mol. The number of alkyl halides is 3. The molecule has 14 heavy (non-hydrogen) atoms. The van der Waals surface area contributed by atoms with Crippen LogP contribution in [0.4, 0.5) is 17.6 Å². The second kappa shape index (κ2) is 3.74. The molecule has 1 aromatic carbocycles. The third kappa shape index (κ3) is 2.36. The van der Waals surface area contributed by atoms with E-state index >= 15 is 0 Å². The molecule has 1 N–H and O–H groups in total. The van der Waals surface area contributed by atoms with E-state index < -0.39 is 23.7 Å². The van der Waals surface area contributed by atoms with Gasteiger partial charge in [-0.05, 0) is 18.2 Å². The fourth-order valence-corrected chi connectivity index (χ4v) is 1.12. The van der Waals surface area contributed by atoms with Crippen molar-refractivity contribution in [2.75, 3.05) is 0 Å². The van der Waals surface area contributed by atoms with Crippen LogP contribution in [0.5, 0.6) is 0 Å². The van der Waals surface area contributed by atoms with E-state index in [2.05, 4.69) is 0 Å². The lowest BCUT2D eigenvalue weighted by molar-refractivity contribution is -0.206. The first kappa shape index (κ1) is 11.3. The molecule has 0 saturated heterocycles. The topological polar surface area (TPSA) is 20.2 Å². The van der Waals surface area contributed by atoms with Crippen LogP contribution >= 0.6 is 11.6 Å². The van der Waals surface area contributed by atoms with Gasteiger partial charge >= 0.3 is 6.18 Å². The largest absolute Gasteiger partial charge is 0.418 e. The van der Waals surface area contributed by atoms with E-state index in [9.17, 15) is 17.6 Å². The Morgan fingerprint density at radius 3 is 2.36 bits per heavy atom. The maximum Gasteiger partial charge on any atom is 0.418 e. The second-order valence-electron chi connectivity index (χ2n) is 2.61. The standard InChI is InChI=1S/C8H5ClF4O/c9-6-2-1-4(10)3-5(6)7(14)8(11,12)13/h1-3,7,14H/t7-/m0/s1. The Morgan fingerprint density at radius 1 is 1.29 bits per heavy atom. The zero-order valence-electron chi connectivity index (χ0n) is 6.65. The smallest absolute Gasteiger partial charge is 0.379 e. The van der Waals surface area contributed by atoms with Gasteiger partial charge in [-0.2, -0.15) is 13.2 Å². The van der Waals surface area contributed by atoms with Crippen molar-refractivity contribution in [2.45, 2.75) is 12.3 Å². The molecule has 0 fully saturated rings. The highest BCUT2D eigenvalue weighted by atomic mass is 35.5. The first-order chi connectivity index (χ1) is 6.32. The molecule has 1 atom stereocenters. The predicted molar refractivity (Wildman–Crippen MR) is 42.4 cm³/mol. The van der Waals surface area contributed by atoms with Crippen LogP contribution < -0.4 is 0 Å². The summed E-state index contributed by atoms with van der Waals surface area (Å²) >= 11 is 5.37. The summed E-state index contributed by atoms with van der Waals surface area (Å²) in [5.41, 5.74) is -0.681. The van der Waals surface area contributed by atoms with Crippen molar-refractivity contribution < 1.29 is 22.7 Å². The van der Waals surface area contributed by atoms with Gasteiger partial charge in [-0.25, -0.2) is 4.39 Å². The molecule has 1 rings (SSSR count). The summed E-state index contributed by atoms with van der Waals surface area (Å²) in [6, 6.07) is 2.43. The lowest BCUT2D eigenvalue weighted by Crippen LogP contribution is -2.20. The van der Waals surface area contributed by atoms with E-state index in [1.54, 1.807) is 0 Å². The lowest BCUT2D eigenvalue weighted by atomic mass is 10.1. The van der Waals surface area contributed by atoms with Crippen molar-refractivity contribution in [1.29, 1.82) is 0 Å². The minimum Gasteiger partial charge on any atom is -0.379 e. The second-order valence-corrected chi connectivity index (χ2v) is 3.02. The SMILES string of the molecule is O[C@@H](c1cc(F)ccc1Cl)C(F)(F)F. The number of hydrogen-bond acceptors (Lipinski definition) is 1. The first-order valence-corrected chi connectivity index (χ1v) is 3.90. The van der Waals surface area contributed by atoms with E-state index in [0.717, 1.165) is 12.1 Å². The molecule has 0 aliphatic heterocycles. The molecule has 0 saturated carbocycles. The zero-order valence-corrected chi connectivity index (χ0v) is 7.40. The Labute approximate surface area is 81.9 Å². The minimum absolute atomic E-state index is 0.323. The quantitative estimate of drug-likeness (QED) is 0.733. The van der Waals surface area contributed by atoms with Crippen molar-refractivity contribution in [3.8, 4) is 0 Å². The maximum atomic E-state index is 12.6. The van der Waals surface area contributed by atoms with Crippen LogP contribution in [0.15, 0.2) is 18.2 Å². The van der Waals surface area contributed by atoms with Gasteiger partial charge in [-0.15, -0.1) is 0 Å². The Morgan fingerprint density at radius 2 is 1.86 bits per heavy atom. The average molecular weight is 229 g/mol. The molecule has 0 bridgehead atoms. The Bertz CT molecular complexity index is 337. The summed E-state index contributed by atoms with van der Waals surface area (Å²) in [4.78, 5) is 0. The molecule has 0 unspecified atom stereocenters. The third-order valence-electron chi connectivity index (χ3n) is 1.56. The highest BCUT2D eigenvalue weighted by Crippen LogP contribution is 2.35. The van der Waals surface area contributed by atoms with Gasteiger partial charge in [0.1, 0.15) is 5.82 Å². The van der Waals surface area contributed by atoms with Gasteiger partial charge in [0.2, 0.25) is 0 Å². The van der Waals surface area contributed by atoms with E-state index in [-0.39, 0.29) is 5.02 Å². The summed E-state index contributed by atoms with van der Waals surface area (Å²) in [5.74, 6) is -0.882. The summed E-state index contributed by atoms with van der Waals surface area (Å²) in [6.45, 7) is 0. The fraction of sp³-hybridized carbons (Fsp3) is 0.250. The number of halogens is 5. The normalized spacial score (nSPS) is 14.1. The fourth-order valence-electron chi connectivity index (χ4n) is 0.900. The molecule has 0 aliphatic rings. The molecular formula is C8H5ClF4O. The van der Waals surface area contributed by atoms with Crippen molar-refractivity contribution >= 4 is 11.6 Å². The molecule has 0 radical (unpaired) electrons. The van der Waals surface area contributed by atoms with Gasteiger partial charge < -0.3 is 5.11 Å². The van der Waals surface area contributed by atoms with E-state index in [4.69, 9.17) is 16.7 Å². The van der Waals surface area contributed by atoms with Crippen LogP contribution in [0.2, 0.25) is 5.02 Å². The Kier molecular flexibility index (Phi) is 3.01. The van der Waals surface area contributed by atoms with Crippen LogP contribution in [0.25, 0.3) is 0 Å². The summed E-state index contributed by atoms with van der Waals surface area (Å²) in [7, 11) is 0. The summed E-state index contributed by atoms with van der Waals surface area (Å²) < 4.78 is 48.6. The molecule has 0 heterocycles. The van der Waals surface area contributed by atoms with Crippen LogP contribution in [-0.4, -0.2) is 11.3 Å². The molecule has 0 amide bonds. The zero-order chi connectivity index (χ0) is 10.9. The van der Waals surface area contributed by atoms with E-state index in [0.29, 0.717) is 6.07 Å². The third-order valence-corrected chi connectivity index (χ3v) is 1.91. The highest BCUT2D eigenvalue weighted by Gasteiger charge is 2.40. The minimum atomic E-state index is -4.85. The Hall–Kier alpha value is -0.810. The van der Waals surface area contributed by atoms with Crippen LogP contribution in [0.1, 0.15) is 11.7 Å². The number of hydrogen-bond donors (Lipinski definition) is 1. The van der Waals surface area contributed by atoms with Crippen molar-refractivity contribution in [1.82, 2.24) is 0 Å².